The van der Waals surface area contributed by atoms with Crippen LogP contribution in [0.5, 0.6) is 0 Å². The Labute approximate surface area is 131 Å². The van der Waals surface area contributed by atoms with Crippen molar-refractivity contribution in [2.24, 2.45) is 0 Å². The summed E-state index contributed by atoms with van der Waals surface area (Å²) in [6.45, 7) is 4.21. The Morgan fingerprint density at radius 2 is 1.33 bits per heavy atom. The molecule has 0 radical (unpaired) electrons. The molecule has 0 saturated heterocycles. The Balaban J connectivity index is 3.98. The number of rotatable bonds is 14. The van der Waals surface area contributed by atoms with E-state index in [0.29, 0.717) is 12.8 Å². The Bertz CT molecular complexity index is 327. The van der Waals surface area contributed by atoms with Gasteiger partial charge in [-0.1, -0.05) is 71.6 Å². The number of aliphatic hydroxyl groups is 1. The zero-order valence-electron chi connectivity index (χ0n) is 13.8. The average molecular weight is 323 g/mol. The highest BCUT2D eigenvalue weighted by Crippen LogP contribution is 2.19. The molecule has 0 aliphatic rings. The predicted molar refractivity (Wildman–Crippen MR) is 88.1 cm³/mol. The fourth-order valence-corrected chi connectivity index (χ4v) is 3.51. The second-order valence-corrected chi connectivity index (χ2v) is 7.78. The van der Waals surface area contributed by atoms with Crippen molar-refractivity contribution in [2.75, 3.05) is 0 Å². The minimum absolute atomic E-state index is 0.161. The highest BCUT2D eigenvalue weighted by atomic mass is 32.2. The molecule has 0 amide bonds. The maximum atomic E-state index is 11.4. The average Bonchev–Trinajstić information content (AvgIpc) is 2.41. The lowest BCUT2D eigenvalue weighted by atomic mass is 10.0. The lowest BCUT2D eigenvalue weighted by Gasteiger charge is -2.17. The van der Waals surface area contributed by atoms with Gasteiger partial charge in [0.25, 0.3) is 10.1 Å². The zero-order valence-corrected chi connectivity index (χ0v) is 14.6. The van der Waals surface area contributed by atoms with Gasteiger partial charge in [0, 0.05) is 0 Å². The van der Waals surface area contributed by atoms with Gasteiger partial charge < -0.3 is 5.11 Å². The third kappa shape index (κ3) is 12.1. The molecule has 4 nitrogen and oxygen atoms in total. The second kappa shape index (κ2) is 12.4. The van der Waals surface area contributed by atoms with E-state index >= 15 is 0 Å². The number of aliphatic hydroxyl groups excluding tert-OH is 1. The lowest BCUT2D eigenvalue weighted by molar-refractivity contribution is 0.147. The van der Waals surface area contributed by atoms with Crippen LogP contribution in [0.4, 0.5) is 0 Å². The summed E-state index contributed by atoms with van der Waals surface area (Å²) in [5.74, 6) is 0. The molecule has 2 unspecified atom stereocenters. The molecule has 0 rings (SSSR count). The summed E-state index contributed by atoms with van der Waals surface area (Å²) >= 11 is 0. The van der Waals surface area contributed by atoms with Gasteiger partial charge in [-0.25, -0.2) is 0 Å². The summed E-state index contributed by atoms with van der Waals surface area (Å²) in [5.41, 5.74) is 0. The van der Waals surface area contributed by atoms with Crippen molar-refractivity contribution in [2.45, 2.75) is 102 Å². The Kier molecular flexibility index (Phi) is 12.3. The van der Waals surface area contributed by atoms with E-state index in [2.05, 4.69) is 6.92 Å². The van der Waals surface area contributed by atoms with Crippen LogP contribution in [0.25, 0.3) is 0 Å². The fraction of sp³-hybridized carbons (Fsp3) is 1.00. The van der Waals surface area contributed by atoms with Crippen LogP contribution in [0.1, 0.15) is 90.9 Å². The van der Waals surface area contributed by atoms with Crippen molar-refractivity contribution in [3.05, 3.63) is 0 Å². The molecular weight excluding hydrogens is 288 g/mol. The molecule has 2 N–H and O–H groups in total. The van der Waals surface area contributed by atoms with Crippen molar-refractivity contribution in [3.8, 4) is 0 Å². The van der Waals surface area contributed by atoms with Crippen LogP contribution >= 0.6 is 0 Å². The molecule has 0 bridgehead atoms. The first-order chi connectivity index (χ1) is 9.91. The smallest absolute Gasteiger partial charge is 0.267 e. The molecule has 128 valence electrons. The molecule has 0 aromatic heterocycles. The third-order valence-electron chi connectivity index (χ3n) is 3.98. The van der Waals surface area contributed by atoms with Crippen LogP contribution in [0.3, 0.4) is 0 Å². The third-order valence-corrected chi connectivity index (χ3v) is 5.25. The van der Waals surface area contributed by atoms with Crippen LogP contribution < -0.4 is 0 Å². The number of hydrogen-bond donors (Lipinski definition) is 2. The molecule has 0 aromatic carbocycles. The van der Waals surface area contributed by atoms with E-state index in [4.69, 9.17) is 0 Å². The molecular formula is C16H34O4S. The standard InChI is InChI=1S/C16H34O4S/c1-3-5-7-8-9-10-11-13-16(21(18,19)20)14-15(17)12-6-4-2/h15-17H,3-14H2,1-2H3,(H,18,19,20). The fourth-order valence-electron chi connectivity index (χ4n) is 2.58. The van der Waals surface area contributed by atoms with Crippen LogP contribution in [-0.4, -0.2) is 29.4 Å². The molecule has 0 spiro atoms. The van der Waals surface area contributed by atoms with Crippen molar-refractivity contribution in [3.63, 3.8) is 0 Å². The van der Waals surface area contributed by atoms with E-state index < -0.39 is 21.5 Å². The van der Waals surface area contributed by atoms with Crippen molar-refractivity contribution >= 4 is 10.1 Å². The molecule has 0 aliphatic heterocycles. The van der Waals surface area contributed by atoms with E-state index in [1.54, 1.807) is 0 Å². The molecule has 0 aliphatic carbocycles. The molecule has 5 heteroatoms. The topological polar surface area (TPSA) is 74.6 Å². The monoisotopic (exact) mass is 322 g/mol. The van der Waals surface area contributed by atoms with Crippen LogP contribution in [0.15, 0.2) is 0 Å². The van der Waals surface area contributed by atoms with Crippen molar-refractivity contribution < 1.29 is 18.1 Å². The van der Waals surface area contributed by atoms with E-state index in [1.807, 2.05) is 6.92 Å². The molecule has 0 heterocycles. The summed E-state index contributed by atoms with van der Waals surface area (Å²) < 4.78 is 32.1. The minimum atomic E-state index is -4.05. The van der Waals surface area contributed by atoms with Gasteiger partial charge in [0.05, 0.1) is 11.4 Å². The summed E-state index contributed by atoms with van der Waals surface area (Å²) in [4.78, 5) is 0. The normalized spacial score (nSPS) is 15.0. The van der Waals surface area contributed by atoms with E-state index in [1.165, 1.54) is 25.7 Å². The molecule has 0 aromatic rings. The summed E-state index contributed by atoms with van der Waals surface area (Å²) in [6.07, 6.45) is 10.3. The van der Waals surface area contributed by atoms with Gasteiger partial charge in [-0.15, -0.1) is 0 Å². The number of hydrogen-bond acceptors (Lipinski definition) is 3. The first-order valence-corrected chi connectivity index (χ1v) is 10.1. The minimum Gasteiger partial charge on any atom is -0.393 e. The van der Waals surface area contributed by atoms with Gasteiger partial charge in [-0.05, 0) is 19.3 Å². The van der Waals surface area contributed by atoms with Gasteiger partial charge >= 0.3 is 0 Å². The van der Waals surface area contributed by atoms with Gasteiger partial charge in [-0.2, -0.15) is 8.42 Å². The van der Waals surface area contributed by atoms with Crippen molar-refractivity contribution in [1.29, 1.82) is 0 Å². The summed E-state index contributed by atoms with van der Waals surface area (Å²) in [6, 6.07) is 0. The number of unbranched alkanes of at least 4 members (excludes halogenated alkanes) is 7. The van der Waals surface area contributed by atoms with Crippen LogP contribution in [0, 0.1) is 0 Å². The SMILES string of the molecule is CCCCCCCCCC(CC(O)CCCC)S(=O)(=O)O. The van der Waals surface area contributed by atoms with Gasteiger partial charge in [0.15, 0.2) is 0 Å². The van der Waals surface area contributed by atoms with E-state index in [0.717, 1.165) is 32.1 Å². The van der Waals surface area contributed by atoms with E-state index in [9.17, 15) is 18.1 Å². The highest BCUT2D eigenvalue weighted by Gasteiger charge is 2.25. The predicted octanol–water partition coefficient (Wildman–Crippen LogP) is 4.32. The molecule has 0 fully saturated rings. The van der Waals surface area contributed by atoms with Crippen LogP contribution in [0.2, 0.25) is 0 Å². The second-order valence-electron chi connectivity index (χ2n) is 6.08. The Morgan fingerprint density at radius 3 is 1.86 bits per heavy atom. The highest BCUT2D eigenvalue weighted by molar-refractivity contribution is 7.86. The maximum absolute atomic E-state index is 11.4. The first kappa shape index (κ1) is 20.9. The van der Waals surface area contributed by atoms with E-state index in [-0.39, 0.29) is 6.42 Å². The van der Waals surface area contributed by atoms with Crippen LogP contribution in [-0.2, 0) is 10.1 Å². The quantitative estimate of drug-likeness (QED) is 0.369. The largest absolute Gasteiger partial charge is 0.393 e. The maximum Gasteiger partial charge on any atom is 0.267 e. The summed E-state index contributed by atoms with van der Waals surface area (Å²) in [5, 5.41) is 9.03. The first-order valence-electron chi connectivity index (χ1n) is 8.56. The lowest BCUT2D eigenvalue weighted by Crippen LogP contribution is -2.26. The Morgan fingerprint density at radius 1 is 0.810 bits per heavy atom. The molecule has 0 saturated carbocycles. The van der Waals surface area contributed by atoms with Gasteiger partial charge in [0.2, 0.25) is 0 Å². The van der Waals surface area contributed by atoms with Gasteiger partial charge in [0.1, 0.15) is 0 Å². The zero-order chi connectivity index (χ0) is 16.1. The van der Waals surface area contributed by atoms with Gasteiger partial charge in [-0.3, -0.25) is 4.55 Å². The Hall–Kier alpha value is -0.130. The molecule has 21 heavy (non-hydrogen) atoms. The summed E-state index contributed by atoms with van der Waals surface area (Å²) in [7, 11) is -4.05. The molecule has 2 atom stereocenters. The van der Waals surface area contributed by atoms with Crippen molar-refractivity contribution in [1.82, 2.24) is 0 Å².